The molecule has 9 nitrogen and oxygen atoms in total. The summed E-state index contributed by atoms with van der Waals surface area (Å²) < 4.78 is 7.67. The highest BCUT2D eigenvalue weighted by Crippen LogP contribution is 2.37. The lowest BCUT2D eigenvalue weighted by molar-refractivity contribution is -0.384. The summed E-state index contributed by atoms with van der Waals surface area (Å²) in [4.78, 5) is 32.1. The standard InChI is InChI=1S/C21H25N5O4/c1-3-10-30-18-9-8-15(26(28)29)11-16(18)20-23-17(12-27)19-13(2)22-21(25(19)24-20)14-6-4-5-7-14/h8-9,11-12,14,17H,3-7,10H2,1-2H3,(H,23,24). The van der Waals surface area contributed by atoms with Gasteiger partial charge in [-0.3, -0.25) is 15.5 Å². The van der Waals surface area contributed by atoms with Crippen LogP contribution in [-0.4, -0.2) is 33.3 Å². The number of aryl methyl sites for hydroxylation is 1. The number of hydrogen-bond donors (Lipinski definition) is 1. The number of nitrogens with one attached hydrogen (secondary N) is 1. The number of carbonyl (C=O) groups is 1. The molecule has 30 heavy (non-hydrogen) atoms. The summed E-state index contributed by atoms with van der Waals surface area (Å²) in [5.41, 5.74) is 5.15. The van der Waals surface area contributed by atoms with E-state index in [0.717, 1.165) is 55.6 Å². The minimum Gasteiger partial charge on any atom is -0.493 e. The Hall–Kier alpha value is -3.23. The lowest BCUT2D eigenvalue weighted by Crippen LogP contribution is -2.34. The van der Waals surface area contributed by atoms with E-state index in [9.17, 15) is 14.9 Å². The molecular weight excluding hydrogens is 386 g/mol. The molecule has 1 unspecified atom stereocenters. The van der Waals surface area contributed by atoms with E-state index in [1.54, 1.807) is 6.07 Å². The monoisotopic (exact) mass is 411 g/mol. The third-order valence-electron chi connectivity index (χ3n) is 5.63. The van der Waals surface area contributed by atoms with E-state index < -0.39 is 11.0 Å². The molecule has 1 N–H and O–H groups in total. The third-order valence-corrected chi connectivity index (χ3v) is 5.63. The van der Waals surface area contributed by atoms with Crippen LogP contribution in [0.2, 0.25) is 0 Å². The number of aldehydes is 1. The average Bonchev–Trinajstić information content (AvgIpc) is 3.39. The second-order valence-electron chi connectivity index (χ2n) is 7.71. The molecule has 1 atom stereocenters. The van der Waals surface area contributed by atoms with Crippen molar-refractivity contribution in [1.82, 2.24) is 9.66 Å². The van der Waals surface area contributed by atoms with Crippen molar-refractivity contribution in [3.05, 3.63) is 51.1 Å². The number of hydrogen-bond acceptors (Lipinski definition) is 7. The highest BCUT2D eigenvalue weighted by Gasteiger charge is 2.32. The highest BCUT2D eigenvalue weighted by molar-refractivity contribution is 6.08. The fraction of sp³-hybridized carbons (Fsp3) is 0.476. The molecule has 0 radical (unpaired) electrons. The van der Waals surface area contributed by atoms with Crippen molar-refractivity contribution in [2.75, 3.05) is 12.0 Å². The summed E-state index contributed by atoms with van der Waals surface area (Å²) in [6.45, 7) is 4.34. The number of carbonyl (C=O) groups excluding carboxylic acids is 1. The lowest BCUT2D eigenvalue weighted by Gasteiger charge is -2.25. The number of aromatic nitrogens is 2. The van der Waals surface area contributed by atoms with Crippen LogP contribution in [0.1, 0.15) is 73.8 Å². The fourth-order valence-corrected chi connectivity index (χ4v) is 4.20. The summed E-state index contributed by atoms with van der Waals surface area (Å²) >= 11 is 0. The predicted molar refractivity (Wildman–Crippen MR) is 112 cm³/mol. The molecule has 1 saturated carbocycles. The first kappa shape index (κ1) is 20.1. The van der Waals surface area contributed by atoms with Gasteiger partial charge in [-0.15, -0.1) is 0 Å². The Bertz CT molecular complexity index is 1010. The second-order valence-corrected chi connectivity index (χ2v) is 7.71. The van der Waals surface area contributed by atoms with Crippen LogP contribution in [0.15, 0.2) is 23.2 Å². The van der Waals surface area contributed by atoms with Gasteiger partial charge in [-0.1, -0.05) is 19.8 Å². The predicted octanol–water partition coefficient (Wildman–Crippen LogP) is 3.79. The van der Waals surface area contributed by atoms with E-state index in [1.807, 2.05) is 18.5 Å². The summed E-state index contributed by atoms with van der Waals surface area (Å²) in [6, 6.07) is 3.69. The van der Waals surface area contributed by atoms with Crippen LogP contribution in [0.5, 0.6) is 5.75 Å². The zero-order chi connectivity index (χ0) is 21.3. The number of ether oxygens (including phenoxy) is 1. The van der Waals surface area contributed by atoms with Crippen molar-refractivity contribution in [1.29, 1.82) is 0 Å². The van der Waals surface area contributed by atoms with Gasteiger partial charge in [0.1, 0.15) is 11.6 Å². The number of imidazole rings is 1. The van der Waals surface area contributed by atoms with Crippen LogP contribution in [0.4, 0.5) is 5.69 Å². The number of fused-ring (bicyclic) bond motifs is 1. The number of rotatable bonds is 7. The van der Waals surface area contributed by atoms with E-state index in [2.05, 4.69) is 10.4 Å². The molecule has 2 aliphatic rings. The van der Waals surface area contributed by atoms with Gasteiger partial charge in [0.25, 0.3) is 5.69 Å². The molecule has 0 spiro atoms. The number of nitrogens with zero attached hydrogens (tertiary/aromatic N) is 4. The van der Waals surface area contributed by atoms with Crippen LogP contribution in [0.3, 0.4) is 0 Å². The molecule has 9 heteroatoms. The zero-order valence-corrected chi connectivity index (χ0v) is 17.1. The van der Waals surface area contributed by atoms with Gasteiger partial charge in [-0.25, -0.2) is 14.7 Å². The van der Waals surface area contributed by atoms with Gasteiger partial charge in [-0.2, -0.15) is 0 Å². The Kier molecular flexibility index (Phi) is 5.52. The van der Waals surface area contributed by atoms with Crippen LogP contribution in [0.25, 0.3) is 0 Å². The summed E-state index contributed by atoms with van der Waals surface area (Å²) in [6.07, 6.45) is 6.00. The first-order valence-corrected chi connectivity index (χ1v) is 10.3. The summed E-state index contributed by atoms with van der Waals surface area (Å²) in [5.74, 6) is 2.06. The molecule has 1 aliphatic carbocycles. The van der Waals surface area contributed by atoms with Gasteiger partial charge in [0.05, 0.1) is 28.5 Å². The molecule has 1 aromatic carbocycles. The Labute approximate surface area is 174 Å². The number of non-ortho nitro benzene ring substituents is 1. The first-order valence-electron chi connectivity index (χ1n) is 10.3. The summed E-state index contributed by atoms with van der Waals surface area (Å²) in [7, 11) is 0. The van der Waals surface area contributed by atoms with E-state index in [1.165, 1.54) is 12.1 Å². The molecule has 0 bridgehead atoms. The van der Waals surface area contributed by atoms with Crippen LogP contribution >= 0.6 is 0 Å². The van der Waals surface area contributed by atoms with Crippen molar-refractivity contribution in [2.45, 2.75) is 57.9 Å². The Balaban J connectivity index is 1.80. The number of benzene rings is 1. The van der Waals surface area contributed by atoms with Crippen molar-refractivity contribution >= 4 is 17.8 Å². The van der Waals surface area contributed by atoms with Crippen LogP contribution in [0, 0.1) is 17.0 Å². The van der Waals surface area contributed by atoms with E-state index in [0.29, 0.717) is 29.7 Å². The molecule has 4 rings (SSSR count). The van der Waals surface area contributed by atoms with Crippen molar-refractivity contribution in [2.24, 2.45) is 4.99 Å². The maximum atomic E-state index is 11.9. The minimum absolute atomic E-state index is 0.0652. The Morgan fingerprint density at radius 2 is 2.13 bits per heavy atom. The average molecular weight is 411 g/mol. The van der Waals surface area contributed by atoms with Gasteiger partial charge in [0.15, 0.2) is 18.2 Å². The molecule has 158 valence electrons. The SMILES string of the molecule is CCCOc1ccc([N+](=O)[O-])cc1C1=NC(C=O)c2c(C)nc(C3CCCC3)n2N1. The summed E-state index contributed by atoms with van der Waals surface area (Å²) in [5, 5.41) is 11.3. The van der Waals surface area contributed by atoms with Crippen LogP contribution in [-0.2, 0) is 4.79 Å². The lowest BCUT2D eigenvalue weighted by atomic mass is 10.1. The molecule has 2 aromatic rings. The highest BCUT2D eigenvalue weighted by atomic mass is 16.6. The minimum atomic E-state index is -0.734. The maximum Gasteiger partial charge on any atom is 0.270 e. The van der Waals surface area contributed by atoms with Crippen molar-refractivity contribution in [3.8, 4) is 5.75 Å². The number of nitro groups is 1. The molecule has 0 saturated heterocycles. The Morgan fingerprint density at radius 1 is 1.37 bits per heavy atom. The fourth-order valence-electron chi connectivity index (χ4n) is 4.20. The van der Waals surface area contributed by atoms with Gasteiger partial charge >= 0.3 is 0 Å². The number of nitro benzene ring substituents is 1. The zero-order valence-electron chi connectivity index (χ0n) is 17.1. The first-order chi connectivity index (χ1) is 14.5. The van der Waals surface area contributed by atoms with Crippen LogP contribution < -0.4 is 10.2 Å². The largest absolute Gasteiger partial charge is 0.493 e. The molecular formula is C21H25N5O4. The molecule has 1 fully saturated rings. The second kappa shape index (κ2) is 8.25. The quantitative estimate of drug-likeness (QED) is 0.421. The molecule has 1 aromatic heterocycles. The van der Waals surface area contributed by atoms with E-state index in [-0.39, 0.29) is 5.69 Å². The topological polar surface area (TPSA) is 112 Å². The van der Waals surface area contributed by atoms with E-state index in [4.69, 9.17) is 9.72 Å². The van der Waals surface area contributed by atoms with Gasteiger partial charge < -0.3 is 9.53 Å². The molecule has 1 aliphatic heterocycles. The number of aliphatic imine (C=N–C) groups is 1. The third kappa shape index (κ3) is 3.55. The molecule has 0 amide bonds. The Morgan fingerprint density at radius 3 is 2.80 bits per heavy atom. The normalized spacial score (nSPS) is 18.5. The van der Waals surface area contributed by atoms with Crippen molar-refractivity contribution in [3.63, 3.8) is 0 Å². The maximum absolute atomic E-state index is 11.9. The van der Waals surface area contributed by atoms with Crippen molar-refractivity contribution < 1.29 is 14.5 Å². The molecule has 2 heterocycles. The van der Waals surface area contributed by atoms with Gasteiger partial charge in [0.2, 0.25) is 0 Å². The van der Waals surface area contributed by atoms with Gasteiger partial charge in [0, 0.05) is 18.1 Å². The van der Waals surface area contributed by atoms with Gasteiger partial charge in [-0.05, 0) is 32.3 Å². The smallest absolute Gasteiger partial charge is 0.270 e. The van der Waals surface area contributed by atoms with E-state index >= 15 is 0 Å². The number of amidine groups is 1.